The van der Waals surface area contributed by atoms with Gasteiger partial charge < -0.3 is 20.0 Å². The molecule has 1 aliphatic heterocycles. The van der Waals surface area contributed by atoms with Crippen molar-refractivity contribution in [3.05, 3.63) is 59.9 Å². The minimum absolute atomic E-state index is 0.179. The third-order valence-corrected chi connectivity index (χ3v) is 6.52. The van der Waals surface area contributed by atoms with Gasteiger partial charge in [0.1, 0.15) is 0 Å². The second-order valence-electron chi connectivity index (χ2n) is 8.96. The standard InChI is InChI=1S/C24H31N3O.C2H2O4/c1-19-6-4-7-20(16-19)17-24(28)27(23-10-5-13-25-18-23)22-11-14-26(15-12-22)21-8-2-3-9-21;3-1(4)2(5)6/h4-7,10,13,16,18,21-22H,2-3,8-9,11-12,14-15,17H2,1H3;(H,3,4)(H,5,6). The van der Waals surface area contributed by atoms with Crippen LogP contribution in [0.4, 0.5) is 5.69 Å². The fourth-order valence-electron chi connectivity index (χ4n) is 4.92. The molecular weight excluding hydrogens is 434 g/mol. The van der Waals surface area contributed by atoms with E-state index < -0.39 is 11.9 Å². The van der Waals surface area contributed by atoms with Gasteiger partial charge in [-0.15, -0.1) is 0 Å². The van der Waals surface area contributed by atoms with Gasteiger partial charge in [-0.3, -0.25) is 9.78 Å². The zero-order valence-electron chi connectivity index (χ0n) is 19.6. The predicted octanol–water partition coefficient (Wildman–Crippen LogP) is 3.53. The summed E-state index contributed by atoms with van der Waals surface area (Å²) in [5, 5.41) is 14.8. The number of carbonyl (C=O) groups is 3. The number of anilines is 1. The highest BCUT2D eigenvalue weighted by Crippen LogP contribution is 2.29. The van der Waals surface area contributed by atoms with Crippen molar-refractivity contribution in [2.45, 2.75) is 64.0 Å². The largest absolute Gasteiger partial charge is 0.473 e. The molecule has 1 saturated carbocycles. The molecule has 1 aliphatic carbocycles. The molecule has 182 valence electrons. The molecule has 1 amide bonds. The molecule has 0 atom stereocenters. The number of carbonyl (C=O) groups excluding carboxylic acids is 1. The van der Waals surface area contributed by atoms with Crippen LogP contribution in [0.25, 0.3) is 0 Å². The average molecular weight is 468 g/mol. The summed E-state index contributed by atoms with van der Waals surface area (Å²) in [6.45, 7) is 4.28. The van der Waals surface area contributed by atoms with Gasteiger partial charge in [0.05, 0.1) is 18.3 Å². The number of benzene rings is 1. The van der Waals surface area contributed by atoms with Crippen LogP contribution in [0, 0.1) is 6.92 Å². The van der Waals surface area contributed by atoms with E-state index in [-0.39, 0.29) is 11.9 Å². The van der Waals surface area contributed by atoms with Gasteiger partial charge in [0.25, 0.3) is 0 Å². The summed E-state index contributed by atoms with van der Waals surface area (Å²) in [4.78, 5) is 40.5. The lowest BCUT2D eigenvalue weighted by Gasteiger charge is -2.40. The fourth-order valence-corrected chi connectivity index (χ4v) is 4.92. The molecule has 2 aromatic rings. The van der Waals surface area contributed by atoms with Crippen LogP contribution in [0.5, 0.6) is 0 Å². The number of rotatable bonds is 5. The summed E-state index contributed by atoms with van der Waals surface area (Å²) >= 11 is 0. The zero-order valence-corrected chi connectivity index (χ0v) is 19.6. The highest BCUT2D eigenvalue weighted by Gasteiger charge is 2.32. The van der Waals surface area contributed by atoms with E-state index in [2.05, 4.69) is 35.0 Å². The third-order valence-electron chi connectivity index (χ3n) is 6.52. The molecule has 2 N–H and O–H groups in total. The molecule has 0 radical (unpaired) electrons. The monoisotopic (exact) mass is 467 g/mol. The molecule has 2 heterocycles. The van der Waals surface area contributed by atoms with Crippen molar-refractivity contribution in [2.24, 2.45) is 0 Å². The number of aliphatic carboxylic acids is 2. The van der Waals surface area contributed by atoms with Crippen LogP contribution in [0.2, 0.25) is 0 Å². The van der Waals surface area contributed by atoms with Gasteiger partial charge >= 0.3 is 11.9 Å². The maximum Gasteiger partial charge on any atom is 0.414 e. The van der Waals surface area contributed by atoms with Crippen LogP contribution < -0.4 is 4.90 Å². The van der Waals surface area contributed by atoms with E-state index in [1.165, 1.54) is 31.2 Å². The second kappa shape index (κ2) is 12.3. The van der Waals surface area contributed by atoms with Crippen molar-refractivity contribution in [1.29, 1.82) is 0 Å². The van der Waals surface area contributed by atoms with Crippen molar-refractivity contribution in [1.82, 2.24) is 9.88 Å². The topological polar surface area (TPSA) is 111 Å². The predicted molar refractivity (Wildman–Crippen MR) is 129 cm³/mol. The summed E-state index contributed by atoms with van der Waals surface area (Å²) in [5.74, 6) is -3.47. The van der Waals surface area contributed by atoms with Crippen LogP contribution in [0.3, 0.4) is 0 Å². The van der Waals surface area contributed by atoms with Gasteiger partial charge in [0.15, 0.2) is 0 Å². The molecule has 1 saturated heterocycles. The molecule has 1 aromatic carbocycles. The molecule has 8 nitrogen and oxygen atoms in total. The van der Waals surface area contributed by atoms with Gasteiger partial charge in [-0.05, 0) is 50.3 Å². The maximum atomic E-state index is 13.3. The molecule has 8 heteroatoms. The Morgan fingerprint density at radius 2 is 1.68 bits per heavy atom. The zero-order chi connectivity index (χ0) is 24.5. The van der Waals surface area contributed by atoms with Crippen molar-refractivity contribution in [3.8, 4) is 0 Å². The van der Waals surface area contributed by atoms with Crippen LogP contribution in [0.15, 0.2) is 48.8 Å². The van der Waals surface area contributed by atoms with Crippen LogP contribution >= 0.6 is 0 Å². The minimum Gasteiger partial charge on any atom is -0.473 e. The molecule has 2 fully saturated rings. The van der Waals surface area contributed by atoms with Crippen molar-refractivity contribution in [3.63, 3.8) is 0 Å². The first-order valence-electron chi connectivity index (χ1n) is 11.8. The van der Waals surface area contributed by atoms with Crippen molar-refractivity contribution in [2.75, 3.05) is 18.0 Å². The number of carboxylic acids is 2. The van der Waals surface area contributed by atoms with E-state index in [4.69, 9.17) is 19.8 Å². The van der Waals surface area contributed by atoms with Crippen molar-refractivity contribution >= 4 is 23.5 Å². The number of nitrogens with zero attached hydrogens (tertiary/aromatic N) is 3. The number of hydrogen-bond acceptors (Lipinski definition) is 5. The number of carboxylic acid groups (broad SMARTS) is 2. The Balaban J connectivity index is 0.000000481. The van der Waals surface area contributed by atoms with E-state index in [9.17, 15) is 4.79 Å². The van der Waals surface area contributed by atoms with E-state index in [1.54, 1.807) is 6.20 Å². The number of piperidine rings is 1. The molecule has 2 aliphatic rings. The van der Waals surface area contributed by atoms with Gasteiger partial charge in [0, 0.05) is 31.4 Å². The first-order chi connectivity index (χ1) is 16.3. The highest BCUT2D eigenvalue weighted by molar-refractivity contribution is 6.27. The van der Waals surface area contributed by atoms with E-state index in [0.29, 0.717) is 6.42 Å². The summed E-state index contributed by atoms with van der Waals surface area (Å²) in [5.41, 5.74) is 3.21. The Kier molecular flexibility index (Phi) is 9.16. The maximum absolute atomic E-state index is 13.3. The van der Waals surface area contributed by atoms with E-state index >= 15 is 0 Å². The van der Waals surface area contributed by atoms with Crippen molar-refractivity contribution < 1.29 is 24.6 Å². The van der Waals surface area contributed by atoms with Gasteiger partial charge in [-0.2, -0.15) is 0 Å². The number of likely N-dealkylation sites (tertiary alicyclic amines) is 1. The Bertz CT molecular complexity index is 955. The fraction of sp³-hybridized carbons (Fsp3) is 0.462. The molecule has 0 bridgehead atoms. The summed E-state index contributed by atoms with van der Waals surface area (Å²) in [6, 6.07) is 13.3. The van der Waals surface area contributed by atoms with Crippen LogP contribution in [0.1, 0.15) is 49.7 Å². The number of aryl methyl sites for hydroxylation is 1. The SMILES string of the molecule is Cc1cccc(CC(=O)N(c2cccnc2)C2CCN(C3CCCC3)CC2)c1.O=C(O)C(=O)O. The van der Waals surface area contributed by atoms with Crippen LogP contribution in [-0.2, 0) is 20.8 Å². The number of hydrogen-bond donors (Lipinski definition) is 2. The normalized spacial score (nSPS) is 17.0. The summed E-state index contributed by atoms with van der Waals surface area (Å²) < 4.78 is 0. The van der Waals surface area contributed by atoms with Crippen LogP contribution in [-0.4, -0.2) is 63.1 Å². The smallest absolute Gasteiger partial charge is 0.414 e. The van der Waals surface area contributed by atoms with Gasteiger partial charge in [-0.1, -0.05) is 42.7 Å². The average Bonchev–Trinajstić information content (AvgIpc) is 3.36. The lowest BCUT2D eigenvalue weighted by Crippen LogP contribution is -2.50. The minimum atomic E-state index is -1.82. The summed E-state index contributed by atoms with van der Waals surface area (Å²) in [6.07, 6.45) is 11.6. The molecule has 0 spiro atoms. The Labute approximate surface area is 200 Å². The second-order valence-corrected chi connectivity index (χ2v) is 8.96. The van der Waals surface area contributed by atoms with Gasteiger partial charge in [0.2, 0.25) is 5.91 Å². The molecular formula is C26H33N3O5. The highest BCUT2D eigenvalue weighted by atomic mass is 16.4. The Morgan fingerprint density at radius 3 is 2.24 bits per heavy atom. The Hall–Kier alpha value is -3.26. The third kappa shape index (κ3) is 7.12. The Morgan fingerprint density at radius 1 is 1.00 bits per heavy atom. The van der Waals surface area contributed by atoms with Gasteiger partial charge in [-0.25, -0.2) is 9.59 Å². The molecule has 1 aromatic heterocycles. The first kappa shape index (κ1) is 25.4. The lowest BCUT2D eigenvalue weighted by atomic mass is 9.99. The molecule has 4 rings (SSSR count). The molecule has 0 unspecified atom stereocenters. The quantitative estimate of drug-likeness (QED) is 0.647. The van der Waals surface area contributed by atoms with E-state index in [1.807, 2.05) is 29.3 Å². The number of amides is 1. The molecule has 34 heavy (non-hydrogen) atoms. The number of pyridine rings is 1. The van der Waals surface area contributed by atoms with E-state index in [0.717, 1.165) is 43.2 Å². The lowest BCUT2D eigenvalue weighted by molar-refractivity contribution is -0.159. The number of aromatic nitrogens is 1. The summed E-state index contributed by atoms with van der Waals surface area (Å²) in [7, 11) is 0. The first-order valence-corrected chi connectivity index (χ1v) is 11.8.